The number of nitrogens with zero attached hydrogens (tertiary/aromatic N) is 1. The van der Waals surface area contributed by atoms with Crippen molar-refractivity contribution in [3.8, 4) is 17.2 Å². The van der Waals surface area contributed by atoms with Crippen LogP contribution in [-0.2, 0) is 4.84 Å². The minimum Gasteiger partial charge on any atom is -0.493 e. The molecular weight excluding hydrogens is 366 g/mol. The van der Waals surface area contributed by atoms with Crippen molar-refractivity contribution in [1.82, 2.24) is 0 Å². The molecule has 0 bridgehead atoms. The van der Waals surface area contributed by atoms with Gasteiger partial charge in [-0.2, -0.15) is 0 Å². The first kappa shape index (κ1) is 22.3. The number of hydrogen-bond acceptors (Lipinski definition) is 5. The minimum atomic E-state index is 0.576. The van der Waals surface area contributed by atoms with E-state index in [1.165, 1.54) is 0 Å². The number of allylic oxidation sites excluding steroid dienone is 1. The second-order valence-electron chi connectivity index (χ2n) is 6.70. The van der Waals surface area contributed by atoms with E-state index in [0.29, 0.717) is 19.8 Å². The molecule has 0 unspecified atom stereocenters. The van der Waals surface area contributed by atoms with Gasteiger partial charge in [0.15, 0.2) is 0 Å². The zero-order chi connectivity index (χ0) is 21.1. The Morgan fingerprint density at radius 2 is 1.59 bits per heavy atom. The number of benzene rings is 2. The number of oxime groups is 1. The van der Waals surface area contributed by atoms with Crippen LogP contribution < -0.4 is 14.2 Å². The van der Waals surface area contributed by atoms with Crippen LogP contribution in [0.25, 0.3) is 0 Å². The average Bonchev–Trinajstić information content (AvgIpc) is 2.70. The van der Waals surface area contributed by atoms with E-state index < -0.39 is 0 Å². The third-order valence-corrected chi connectivity index (χ3v) is 4.32. The maximum atomic E-state index is 5.98. The fourth-order valence-electron chi connectivity index (χ4n) is 2.87. The number of aryl methyl sites for hydroxylation is 2. The number of hydrogen-bond donors (Lipinski definition) is 0. The van der Waals surface area contributed by atoms with Crippen molar-refractivity contribution < 1.29 is 19.0 Å². The summed E-state index contributed by atoms with van der Waals surface area (Å²) in [5.41, 5.74) is 3.98. The molecule has 2 rings (SSSR count). The van der Waals surface area contributed by atoms with Crippen LogP contribution in [0.4, 0.5) is 0 Å². The molecule has 2 aromatic carbocycles. The highest BCUT2D eigenvalue weighted by Gasteiger charge is 2.07. The molecule has 0 aromatic heterocycles. The smallest absolute Gasteiger partial charge is 0.125 e. The molecule has 0 radical (unpaired) electrons. The van der Waals surface area contributed by atoms with Gasteiger partial charge in [-0.25, -0.2) is 0 Å². The van der Waals surface area contributed by atoms with Crippen LogP contribution in [0.15, 0.2) is 53.7 Å². The van der Waals surface area contributed by atoms with Crippen molar-refractivity contribution in [3.63, 3.8) is 0 Å². The maximum absolute atomic E-state index is 5.98. The summed E-state index contributed by atoms with van der Waals surface area (Å²) in [6, 6.07) is 11.8. The molecule has 0 heterocycles. The Morgan fingerprint density at radius 1 is 0.931 bits per heavy atom. The lowest BCUT2D eigenvalue weighted by Crippen LogP contribution is -2.07. The number of ether oxygens (including phenoxy) is 3. The van der Waals surface area contributed by atoms with Crippen LogP contribution in [0, 0.1) is 13.8 Å². The van der Waals surface area contributed by atoms with Crippen LogP contribution in [0.2, 0.25) is 0 Å². The Morgan fingerprint density at radius 3 is 2.21 bits per heavy atom. The SMILES string of the molecule is C/C=C/COc1cc(C)c(OCCCOc2ccc(C(C)=NOC)cc2)c(C)c1. The number of rotatable bonds is 11. The molecule has 0 N–H and O–H groups in total. The molecule has 0 atom stereocenters. The largest absolute Gasteiger partial charge is 0.493 e. The molecule has 0 aliphatic carbocycles. The second-order valence-corrected chi connectivity index (χ2v) is 6.70. The lowest BCUT2D eigenvalue weighted by molar-refractivity contribution is 0.213. The first-order valence-electron chi connectivity index (χ1n) is 9.84. The van der Waals surface area contributed by atoms with Gasteiger partial charge in [0.25, 0.3) is 0 Å². The van der Waals surface area contributed by atoms with Crippen LogP contribution in [-0.4, -0.2) is 32.6 Å². The van der Waals surface area contributed by atoms with Gasteiger partial charge >= 0.3 is 0 Å². The molecule has 5 heteroatoms. The summed E-state index contributed by atoms with van der Waals surface area (Å²) in [7, 11) is 1.54. The third kappa shape index (κ3) is 7.18. The highest BCUT2D eigenvalue weighted by atomic mass is 16.6. The zero-order valence-electron chi connectivity index (χ0n) is 18.0. The van der Waals surface area contributed by atoms with Crippen molar-refractivity contribution >= 4 is 5.71 Å². The topological polar surface area (TPSA) is 49.3 Å². The molecule has 29 heavy (non-hydrogen) atoms. The van der Waals surface area contributed by atoms with Gasteiger partial charge in [0.05, 0.1) is 18.9 Å². The van der Waals surface area contributed by atoms with Gasteiger partial charge in [-0.3, -0.25) is 0 Å². The molecule has 0 saturated heterocycles. The van der Waals surface area contributed by atoms with Crippen molar-refractivity contribution in [2.24, 2.45) is 5.16 Å². The molecule has 0 amide bonds. The monoisotopic (exact) mass is 397 g/mol. The summed E-state index contributed by atoms with van der Waals surface area (Å²) >= 11 is 0. The normalized spacial score (nSPS) is 11.6. The minimum absolute atomic E-state index is 0.576. The average molecular weight is 398 g/mol. The summed E-state index contributed by atoms with van der Waals surface area (Å²) < 4.78 is 17.5. The van der Waals surface area contributed by atoms with Gasteiger partial charge in [-0.05, 0) is 80.8 Å². The highest BCUT2D eigenvalue weighted by Crippen LogP contribution is 2.28. The zero-order valence-corrected chi connectivity index (χ0v) is 18.0. The first-order valence-corrected chi connectivity index (χ1v) is 9.84. The fraction of sp³-hybridized carbons (Fsp3) is 0.375. The van der Waals surface area contributed by atoms with Gasteiger partial charge < -0.3 is 19.0 Å². The van der Waals surface area contributed by atoms with Gasteiger partial charge in [0.1, 0.15) is 31.0 Å². The maximum Gasteiger partial charge on any atom is 0.125 e. The molecule has 0 spiro atoms. The molecular formula is C24H31NO4. The lowest BCUT2D eigenvalue weighted by atomic mass is 10.1. The Bertz CT molecular complexity index is 802. The van der Waals surface area contributed by atoms with E-state index in [2.05, 4.69) is 5.16 Å². The van der Waals surface area contributed by atoms with Crippen molar-refractivity contribution in [2.75, 3.05) is 26.9 Å². The van der Waals surface area contributed by atoms with Gasteiger partial charge in [-0.1, -0.05) is 17.3 Å². The second kappa shape index (κ2) is 11.8. The van der Waals surface area contributed by atoms with Crippen LogP contribution in [0.1, 0.15) is 37.0 Å². The quantitative estimate of drug-likeness (QED) is 0.218. The molecule has 156 valence electrons. The first-order chi connectivity index (χ1) is 14.0. The Labute approximate surface area is 173 Å². The molecule has 0 fully saturated rings. The van der Waals surface area contributed by atoms with Crippen LogP contribution in [0.3, 0.4) is 0 Å². The van der Waals surface area contributed by atoms with Crippen molar-refractivity contribution in [1.29, 1.82) is 0 Å². The molecule has 0 aliphatic rings. The summed E-state index contributed by atoms with van der Waals surface area (Å²) in [5.74, 6) is 2.61. The fourth-order valence-corrected chi connectivity index (χ4v) is 2.87. The van der Waals surface area contributed by atoms with Gasteiger partial charge in [0.2, 0.25) is 0 Å². The van der Waals surface area contributed by atoms with E-state index >= 15 is 0 Å². The molecule has 0 saturated carbocycles. The van der Waals surface area contributed by atoms with Crippen molar-refractivity contribution in [3.05, 3.63) is 65.2 Å². The van der Waals surface area contributed by atoms with E-state index in [0.717, 1.165) is 46.1 Å². The van der Waals surface area contributed by atoms with Gasteiger partial charge in [-0.15, -0.1) is 0 Å². The Hall–Kier alpha value is -2.95. The highest BCUT2D eigenvalue weighted by molar-refractivity contribution is 5.98. The van der Waals surface area contributed by atoms with E-state index in [1.54, 1.807) is 7.11 Å². The Kier molecular flexibility index (Phi) is 9.09. The van der Waals surface area contributed by atoms with Gasteiger partial charge in [0, 0.05) is 6.42 Å². The molecule has 0 aliphatic heterocycles. The standard InChI is InChI=1S/C24H31NO4/c1-6-7-13-28-23-16-18(2)24(19(3)17-23)29-15-8-14-27-22-11-9-21(10-12-22)20(4)25-26-5/h6-7,9-12,16-17H,8,13-15H2,1-5H3/b7-6+,25-20?. The Balaban J connectivity index is 1.78. The van der Waals surface area contributed by atoms with E-state index in [9.17, 15) is 0 Å². The lowest BCUT2D eigenvalue weighted by Gasteiger charge is -2.14. The third-order valence-electron chi connectivity index (χ3n) is 4.32. The van der Waals surface area contributed by atoms with E-state index in [-0.39, 0.29) is 0 Å². The predicted octanol–water partition coefficient (Wildman–Crippen LogP) is 5.48. The van der Waals surface area contributed by atoms with E-state index in [4.69, 9.17) is 19.0 Å². The van der Waals surface area contributed by atoms with Crippen molar-refractivity contribution in [2.45, 2.75) is 34.1 Å². The molecule has 2 aromatic rings. The van der Waals surface area contributed by atoms with Crippen LogP contribution in [0.5, 0.6) is 17.2 Å². The summed E-state index contributed by atoms with van der Waals surface area (Å²) in [4.78, 5) is 4.79. The summed E-state index contributed by atoms with van der Waals surface area (Å²) in [5, 5.41) is 3.93. The predicted molar refractivity (Wildman–Crippen MR) is 117 cm³/mol. The summed E-state index contributed by atoms with van der Waals surface area (Å²) in [6.07, 6.45) is 4.76. The molecule has 5 nitrogen and oxygen atoms in total. The summed E-state index contributed by atoms with van der Waals surface area (Å²) in [6.45, 7) is 9.73. The van der Waals surface area contributed by atoms with E-state index in [1.807, 2.05) is 76.2 Å². The van der Waals surface area contributed by atoms with Crippen LogP contribution >= 0.6 is 0 Å².